The van der Waals surface area contributed by atoms with Crippen molar-refractivity contribution < 1.29 is 13.5 Å². The number of methoxy groups -OCH3 is 1. The maximum Gasteiger partial charge on any atom is 0.159 e. The van der Waals surface area contributed by atoms with Gasteiger partial charge in [-0.25, -0.2) is 8.78 Å². The lowest BCUT2D eigenvalue weighted by Crippen LogP contribution is -2.31. The molecule has 96 valence electrons. The third-order valence-electron chi connectivity index (χ3n) is 2.17. The molecule has 0 saturated heterocycles. The molecule has 0 amide bonds. The van der Waals surface area contributed by atoms with Gasteiger partial charge in [0, 0.05) is 30.3 Å². The summed E-state index contributed by atoms with van der Waals surface area (Å²) in [6, 6.07) is 4.25. The molecule has 1 N–H and O–H groups in total. The van der Waals surface area contributed by atoms with E-state index in [0.29, 0.717) is 12.6 Å². The van der Waals surface area contributed by atoms with Gasteiger partial charge in [-0.15, -0.1) is 11.8 Å². The zero-order valence-corrected chi connectivity index (χ0v) is 10.8. The fraction of sp³-hybridized carbons (Fsp3) is 0.500. The number of hydrogen-bond donors (Lipinski definition) is 1. The molecular weight excluding hydrogens is 244 g/mol. The van der Waals surface area contributed by atoms with Crippen molar-refractivity contribution in [3.8, 4) is 0 Å². The molecule has 1 aromatic carbocycles. The summed E-state index contributed by atoms with van der Waals surface area (Å²) >= 11 is 1.49. The SMILES string of the molecule is COCC(C)NCCSc1ccc(F)c(F)c1. The number of benzene rings is 1. The van der Waals surface area contributed by atoms with Gasteiger partial charge < -0.3 is 10.1 Å². The van der Waals surface area contributed by atoms with Crippen LogP contribution in [-0.4, -0.2) is 32.1 Å². The normalized spacial score (nSPS) is 12.7. The highest BCUT2D eigenvalue weighted by Gasteiger charge is 2.03. The smallest absolute Gasteiger partial charge is 0.159 e. The topological polar surface area (TPSA) is 21.3 Å². The van der Waals surface area contributed by atoms with Crippen LogP contribution in [0.25, 0.3) is 0 Å². The average Bonchev–Trinajstić information content (AvgIpc) is 2.29. The van der Waals surface area contributed by atoms with E-state index in [1.54, 1.807) is 13.2 Å². The molecule has 0 spiro atoms. The summed E-state index contributed by atoms with van der Waals surface area (Å²) in [7, 11) is 1.66. The Morgan fingerprint density at radius 2 is 2.12 bits per heavy atom. The molecule has 5 heteroatoms. The Labute approximate surface area is 105 Å². The highest BCUT2D eigenvalue weighted by Crippen LogP contribution is 2.19. The summed E-state index contributed by atoms with van der Waals surface area (Å²) in [6.45, 7) is 3.50. The fourth-order valence-electron chi connectivity index (χ4n) is 1.35. The van der Waals surface area contributed by atoms with E-state index in [1.165, 1.54) is 17.8 Å². The summed E-state index contributed by atoms with van der Waals surface area (Å²) in [5.74, 6) is -0.795. The minimum absolute atomic E-state index is 0.297. The number of halogens is 2. The first-order chi connectivity index (χ1) is 8.13. The highest BCUT2D eigenvalue weighted by molar-refractivity contribution is 7.99. The van der Waals surface area contributed by atoms with Crippen LogP contribution in [-0.2, 0) is 4.74 Å². The molecule has 1 unspecified atom stereocenters. The Morgan fingerprint density at radius 1 is 1.35 bits per heavy atom. The van der Waals surface area contributed by atoms with Gasteiger partial charge in [0.2, 0.25) is 0 Å². The molecule has 0 aliphatic carbocycles. The predicted octanol–water partition coefficient (Wildman–Crippen LogP) is 2.68. The molecule has 1 aromatic rings. The van der Waals surface area contributed by atoms with E-state index in [1.807, 2.05) is 6.92 Å². The average molecular weight is 261 g/mol. The lowest BCUT2D eigenvalue weighted by Gasteiger charge is -2.12. The molecule has 0 aliphatic rings. The lowest BCUT2D eigenvalue weighted by atomic mass is 10.3. The Hall–Kier alpha value is -0.650. The number of ether oxygens (including phenoxy) is 1. The van der Waals surface area contributed by atoms with E-state index in [2.05, 4.69) is 5.32 Å². The first-order valence-electron chi connectivity index (χ1n) is 5.43. The van der Waals surface area contributed by atoms with Gasteiger partial charge in [-0.1, -0.05) is 0 Å². The molecule has 2 nitrogen and oxygen atoms in total. The molecule has 1 rings (SSSR count). The quantitative estimate of drug-likeness (QED) is 0.602. The number of hydrogen-bond acceptors (Lipinski definition) is 3. The second-order valence-electron chi connectivity index (χ2n) is 3.73. The largest absolute Gasteiger partial charge is 0.383 e. The Balaban J connectivity index is 2.24. The standard InChI is InChI=1S/C12H17F2NOS/c1-9(8-16-2)15-5-6-17-10-3-4-11(13)12(14)7-10/h3-4,7,9,15H,5-6,8H2,1-2H3. The summed E-state index contributed by atoms with van der Waals surface area (Å²) in [4.78, 5) is 0.741. The van der Waals surface area contributed by atoms with Gasteiger partial charge in [-0.2, -0.15) is 0 Å². The molecule has 0 aromatic heterocycles. The number of nitrogens with one attached hydrogen (secondary N) is 1. The molecule has 0 aliphatic heterocycles. The summed E-state index contributed by atoms with van der Waals surface area (Å²) in [5, 5.41) is 3.27. The van der Waals surface area contributed by atoms with Gasteiger partial charge in [-0.05, 0) is 25.1 Å². The molecular formula is C12H17F2NOS. The van der Waals surface area contributed by atoms with Crippen LogP contribution in [0.4, 0.5) is 8.78 Å². The molecule has 17 heavy (non-hydrogen) atoms. The maximum absolute atomic E-state index is 12.9. The molecule has 0 bridgehead atoms. The van der Waals surface area contributed by atoms with Crippen molar-refractivity contribution in [3.05, 3.63) is 29.8 Å². The first kappa shape index (κ1) is 14.4. The van der Waals surface area contributed by atoms with E-state index < -0.39 is 11.6 Å². The van der Waals surface area contributed by atoms with Gasteiger partial charge in [0.1, 0.15) is 0 Å². The number of rotatable bonds is 7. The van der Waals surface area contributed by atoms with Crippen LogP contribution in [0.5, 0.6) is 0 Å². The van der Waals surface area contributed by atoms with Crippen LogP contribution in [0.15, 0.2) is 23.1 Å². The van der Waals surface area contributed by atoms with Gasteiger partial charge in [0.25, 0.3) is 0 Å². The van der Waals surface area contributed by atoms with E-state index in [-0.39, 0.29) is 0 Å². The zero-order valence-electron chi connectivity index (χ0n) is 10.0. The van der Waals surface area contributed by atoms with E-state index >= 15 is 0 Å². The van der Waals surface area contributed by atoms with Crippen LogP contribution >= 0.6 is 11.8 Å². The van der Waals surface area contributed by atoms with Gasteiger partial charge in [-0.3, -0.25) is 0 Å². The summed E-state index contributed by atoms with van der Waals surface area (Å²) in [5.41, 5.74) is 0. The molecule has 0 heterocycles. The fourth-order valence-corrected chi connectivity index (χ4v) is 2.16. The number of thioether (sulfide) groups is 1. The van der Waals surface area contributed by atoms with Crippen LogP contribution < -0.4 is 5.32 Å². The van der Waals surface area contributed by atoms with Crippen LogP contribution in [0.1, 0.15) is 6.92 Å². The van der Waals surface area contributed by atoms with Crippen molar-refractivity contribution in [2.24, 2.45) is 0 Å². The Morgan fingerprint density at radius 3 is 2.76 bits per heavy atom. The van der Waals surface area contributed by atoms with Crippen molar-refractivity contribution in [1.29, 1.82) is 0 Å². The van der Waals surface area contributed by atoms with E-state index in [9.17, 15) is 8.78 Å². The minimum Gasteiger partial charge on any atom is -0.383 e. The highest BCUT2D eigenvalue weighted by atomic mass is 32.2. The van der Waals surface area contributed by atoms with Crippen molar-refractivity contribution in [1.82, 2.24) is 5.32 Å². The first-order valence-corrected chi connectivity index (χ1v) is 6.42. The minimum atomic E-state index is -0.804. The van der Waals surface area contributed by atoms with Crippen LogP contribution in [0, 0.1) is 11.6 Å². The Bertz CT molecular complexity index is 349. The van der Waals surface area contributed by atoms with Crippen molar-refractivity contribution >= 4 is 11.8 Å². The van der Waals surface area contributed by atoms with E-state index in [0.717, 1.165) is 23.3 Å². The Kier molecular flexibility index (Phi) is 6.47. The molecule has 0 saturated carbocycles. The van der Waals surface area contributed by atoms with Crippen molar-refractivity contribution in [2.75, 3.05) is 26.0 Å². The van der Waals surface area contributed by atoms with Gasteiger partial charge >= 0.3 is 0 Å². The van der Waals surface area contributed by atoms with Crippen LogP contribution in [0.2, 0.25) is 0 Å². The maximum atomic E-state index is 12.9. The molecule has 0 fully saturated rings. The second kappa shape index (κ2) is 7.63. The zero-order chi connectivity index (χ0) is 12.7. The third kappa shape index (κ3) is 5.48. The summed E-state index contributed by atoms with van der Waals surface area (Å²) in [6.07, 6.45) is 0. The predicted molar refractivity (Wildman–Crippen MR) is 66.4 cm³/mol. The second-order valence-corrected chi connectivity index (χ2v) is 4.90. The lowest BCUT2D eigenvalue weighted by molar-refractivity contribution is 0.173. The van der Waals surface area contributed by atoms with Gasteiger partial charge in [0.15, 0.2) is 11.6 Å². The van der Waals surface area contributed by atoms with Crippen LogP contribution in [0.3, 0.4) is 0 Å². The van der Waals surface area contributed by atoms with Crippen molar-refractivity contribution in [3.63, 3.8) is 0 Å². The van der Waals surface area contributed by atoms with E-state index in [4.69, 9.17) is 4.74 Å². The molecule has 0 radical (unpaired) electrons. The third-order valence-corrected chi connectivity index (χ3v) is 3.17. The monoisotopic (exact) mass is 261 g/mol. The van der Waals surface area contributed by atoms with Crippen molar-refractivity contribution in [2.45, 2.75) is 17.9 Å². The molecule has 1 atom stereocenters. The summed E-state index contributed by atoms with van der Waals surface area (Å²) < 4.78 is 30.6. The van der Waals surface area contributed by atoms with Gasteiger partial charge in [0.05, 0.1) is 6.61 Å².